The number of aromatic nitrogens is 1. The molecule has 0 bridgehead atoms. The fourth-order valence-corrected chi connectivity index (χ4v) is 2.88. The van der Waals surface area contributed by atoms with Crippen molar-refractivity contribution in [2.45, 2.75) is 52.2 Å². The summed E-state index contributed by atoms with van der Waals surface area (Å²) in [5.74, 6) is 0.0478. The molecule has 1 aliphatic heterocycles. The highest BCUT2D eigenvalue weighted by Gasteiger charge is 2.49. The lowest BCUT2D eigenvalue weighted by molar-refractivity contribution is -0.0712. The van der Waals surface area contributed by atoms with Gasteiger partial charge < -0.3 is 4.74 Å². The van der Waals surface area contributed by atoms with Gasteiger partial charge in [0.2, 0.25) is 0 Å². The van der Waals surface area contributed by atoms with Gasteiger partial charge in [-0.1, -0.05) is 0 Å². The van der Waals surface area contributed by atoms with Gasteiger partial charge in [-0.25, -0.2) is 0 Å². The van der Waals surface area contributed by atoms with Crippen LogP contribution >= 0.6 is 0 Å². The maximum absolute atomic E-state index is 12.7. The van der Waals surface area contributed by atoms with Crippen molar-refractivity contribution in [3.8, 4) is 0 Å². The van der Waals surface area contributed by atoms with E-state index in [9.17, 15) is 4.79 Å². The van der Waals surface area contributed by atoms with Crippen LogP contribution in [0.1, 0.15) is 50.0 Å². The number of ketones is 1. The standard InChI is InChI=1S/C15H21NO2/c1-10-6-7-16-9-11(10)13(17)12-8-14(2,3)18-15(12,4)5/h6-7,9,12H,8H2,1-5H3. The van der Waals surface area contributed by atoms with E-state index in [1.54, 1.807) is 12.4 Å². The SMILES string of the molecule is Cc1ccncc1C(=O)C1CC(C)(C)OC1(C)C. The van der Waals surface area contributed by atoms with Crippen molar-refractivity contribution in [3.05, 3.63) is 29.6 Å². The average Bonchev–Trinajstić information content (AvgIpc) is 2.46. The quantitative estimate of drug-likeness (QED) is 0.753. The molecular weight excluding hydrogens is 226 g/mol. The molecule has 0 N–H and O–H groups in total. The fraction of sp³-hybridized carbons (Fsp3) is 0.600. The predicted molar refractivity (Wildman–Crippen MR) is 70.7 cm³/mol. The van der Waals surface area contributed by atoms with Gasteiger partial charge in [0.05, 0.1) is 17.1 Å². The number of rotatable bonds is 2. The first-order chi connectivity index (χ1) is 8.23. The average molecular weight is 247 g/mol. The van der Waals surface area contributed by atoms with Gasteiger partial charge in [-0.2, -0.15) is 0 Å². The molecule has 0 radical (unpaired) electrons. The van der Waals surface area contributed by atoms with E-state index >= 15 is 0 Å². The lowest BCUT2D eigenvalue weighted by Crippen LogP contribution is -2.34. The molecule has 1 saturated heterocycles. The van der Waals surface area contributed by atoms with Crippen molar-refractivity contribution in [1.82, 2.24) is 4.98 Å². The third-order valence-electron chi connectivity index (χ3n) is 3.70. The van der Waals surface area contributed by atoms with Gasteiger partial charge >= 0.3 is 0 Å². The Morgan fingerprint density at radius 1 is 1.39 bits per heavy atom. The Morgan fingerprint density at radius 3 is 2.56 bits per heavy atom. The number of carbonyl (C=O) groups is 1. The highest BCUT2D eigenvalue weighted by Crippen LogP contribution is 2.43. The van der Waals surface area contributed by atoms with E-state index in [1.165, 1.54) is 0 Å². The summed E-state index contributed by atoms with van der Waals surface area (Å²) in [5.41, 5.74) is 1.05. The molecule has 1 aliphatic rings. The molecule has 98 valence electrons. The first-order valence-corrected chi connectivity index (χ1v) is 6.38. The molecule has 0 amide bonds. The molecule has 0 saturated carbocycles. The van der Waals surface area contributed by atoms with Crippen LogP contribution in [0.3, 0.4) is 0 Å². The summed E-state index contributed by atoms with van der Waals surface area (Å²) < 4.78 is 5.99. The molecule has 1 fully saturated rings. The summed E-state index contributed by atoms with van der Waals surface area (Å²) in [6.45, 7) is 10.0. The topological polar surface area (TPSA) is 39.2 Å². The summed E-state index contributed by atoms with van der Waals surface area (Å²) in [5, 5.41) is 0. The van der Waals surface area contributed by atoms with Crippen LogP contribution in [0.25, 0.3) is 0 Å². The Morgan fingerprint density at radius 2 is 2.06 bits per heavy atom. The zero-order valence-corrected chi connectivity index (χ0v) is 11.8. The number of pyridine rings is 1. The Kier molecular flexibility index (Phi) is 3.06. The van der Waals surface area contributed by atoms with Crippen LogP contribution in [-0.2, 0) is 4.74 Å². The molecule has 3 nitrogen and oxygen atoms in total. The molecule has 3 heteroatoms. The van der Waals surface area contributed by atoms with Gasteiger partial charge in [-0.15, -0.1) is 0 Å². The van der Waals surface area contributed by atoms with E-state index in [-0.39, 0.29) is 17.3 Å². The smallest absolute Gasteiger partial charge is 0.170 e. The van der Waals surface area contributed by atoms with Gasteiger partial charge in [0.25, 0.3) is 0 Å². The minimum Gasteiger partial charge on any atom is -0.369 e. The van der Waals surface area contributed by atoms with Crippen LogP contribution in [0.2, 0.25) is 0 Å². The summed E-state index contributed by atoms with van der Waals surface area (Å²) in [6.07, 6.45) is 4.14. The summed E-state index contributed by atoms with van der Waals surface area (Å²) in [4.78, 5) is 16.7. The molecule has 0 aromatic carbocycles. The summed E-state index contributed by atoms with van der Waals surface area (Å²) >= 11 is 0. The Hall–Kier alpha value is -1.22. The second kappa shape index (κ2) is 4.16. The van der Waals surface area contributed by atoms with Crippen LogP contribution in [0.5, 0.6) is 0 Å². The number of carbonyl (C=O) groups excluding carboxylic acids is 1. The lowest BCUT2D eigenvalue weighted by atomic mass is 9.81. The van der Waals surface area contributed by atoms with Crippen LogP contribution in [0.15, 0.2) is 18.5 Å². The van der Waals surface area contributed by atoms with Gasteiger partial charge in [0.15, 0.2) is 5.78 Å². The van der Waals surface area contributed by atoms with Gasteiger partial charge in [-0.05, 0) is 52.7 Å². The van der Waals surface area contributed by atoms with Gasteiger partial charge in [0.1, 0.15) is 0 Å². The zero-order valence-electron chi connectivity index (χ0n) is 11.8. The van der Waals surface area contributed by atoms with E-state index in [2.05, 4.69) is 4.98 Å². The molecule has 1 aromatic rings. The molecule has 18 heavy (non-hydrogen) atoms. The van der Waals surface area contributed by atoms with Crippen LogP contribution in [0, 0.1) is 12.8 Å². The van der Waals surface area contributed by atoms with Gasteiger partial charge in [0, 0.05) is 18.0 Å². The predicted octanol–water partition coefficient (Wildman–Crippen LogP) is 3.17. The molecule has 1 atom stereocenters. The van der Waals surface area contributed by atoms with Crippen molar-refractivity contribution < 1.29 is 9.53 Å². The van der Waals surface area contributed by atoms with Gasteiger partial charge in [-0.3, -0.25) is 9.78 Å². The van der Waals surface area contributed by atoms with E-state index in [1.807, 2.05) is 40.7 Å². The van der Waals surface area contributed by atoms with E-state index in [0.29, 0.717) is 0 Å². The highest BCUT2D eigenvalue weighted by atomic mass is 16.5. The number of hydrogen-bond acceptors (Lipinski definition) is 3. The second-order valence-electron chi connectivity index (χ2n) is 6.28. The third kappa shape index (κ3) is 2.32. The molecule has 0 aliphatic carbocycles. The monoisotopic (exact) mass is 247 g/mol. The van der Waals surface area contributed by atoms with Crippen LogP contribution < -0.4 is 0 Å². The Balaban J connectivity index is 2.33. The number of hydrogen-bond donors (Lipinski definition) is 0. The largest absolute Gasteiger partial charge is 0.369 e. The van der Waals surface area contributed by atoms with Crippen LogP contribution in [-0.4, -0.2) is 22.0 Å². The summed E-state index contributed by atoms with van der Waals surface area (Å²) in [7, 11) is 0. The first kappa shape index (κ1) is 13.2. The minimum absolute atomic E-state index is 0.101. The van der Waals surface area contributed by atoms with E-state index < -0.39 is 5.60 Å². The first-order valence-electron chi connectivity index (χ1n) is 6.38. The second-order valence-corrected chi connectivity index (χ2v) is 6.28. The van der Waals surface area contributed by atoms with Crippen molar-refractivity contribution in [2.24, 2.45) is 5.92 Å². The lowest BCUT2D eigenvalue weighted by Gasteiger charge is -2.26. The number of Topliss-reactive ketones (excluding diaryl/α,β-unsaturated/α-hetero) is 1. The minimum atomic E-state index is -0.414. The molecule has 2 rings (SSSR count). The normalized spacial score (nSPS) is 25.1. The summed E-state index contributed by atoms with van der Waals surface area (Å²) in [6, 6.07) is 1.88. The molecule has 0 spiro atoms. The maximum Gasteiger partial charge on any atom is 0.170 e. The number of aryl methyl sites for hydroxylation is 1. The number of ether oxygens (including phenoxy) is 1. The van der Waals surface area contributed by atoms with Crippen LogP contribution in [0.4, 0.5) is 0 Å². The van der Waals surface area contributed by atoms with Crippen molar-refractivity contribution >= 4 is 5.78 Å². The Labute approximate surface area is 109 Å². The number of nitrogens with zero attached hydrogens (tertiary/aromatic N) is 1. The fourth-order valence-electron chi connectivity index (χ4n) is 2.88. The molecular formula is C15H21NO2. The third-order valence-corrected chi connectivity index (χ3v) is 3.70. The van der Waals surface area contributed by atoms with E-state index in [0.717, 1.165) is 17.5 Å². The molecule has 2 heterocycles. The Bertz CT molecular complexity index is 477. The highest BCUT2D eigenvalue weighted by molar-refractivity contribution is 5.99. The molecule has 1 aromatic heterocycles. The zero-order chi connectivity index (χ0) is 13.6. The maximum atomic E-state index is 12.7. The molecule has 1 unspecified atom stereocenters. The van der Waals surface area contributed by atoms with Crippen molar-refractivity contribution in [1.29, 1.82) is 0 Å². The van der Waals surface area contributed by atoms with E-state index in [4.69, 9.17) is 4.74 Å². The van der Waals surface area contributed by atoms with Crippen molar-refractivity contribution in [3.63, 3.8) is 0 Å². The van der Waals surface area contributed by atoms with Crippen molar-refractivity contribution in [2.75, 3.05) is 0 Å².